The van der Waals surface area contributed by atoms with E-state index in [-0.39, 0.29) is 5.82 Å². The fourth-order valence-corrected chi connectivity index (χ4v) is 0.828. The van der Waals surface area contributed by atoms with Crippen LogP contribution in [-0.4, -0.2) is 30.7 Å². The lowest BCUT2D eigenvalue weighted by molar-refractivity contribution is 0.0681. The van der Waals surface area contributed by atoms with Gasteiger partial charge >= 0.3 is 5.97 Å². The Hall–Kier alpha value is -1.98. The van der Waals surface area contributed by atoms with Crippen LogP contribution < -0.4 is 0 Å². The molecule has 0 bridgehead atoms. The van der Waals surface area contributed by atoms with E-state index in [1.54, 1.807) is 6.20 Å². The number of carboxylic acid groups (broad SMARTS) is 1. The molecule has 0 unspecified atom stereocenters. The zero-order valence-electron chi connectivity index (χ0n) is 5.88. The van der Waals surface area contributed by atoms with Gasteiger partial charge < -0.3 is 5.11 Å². The standard InChI is InChI=1S/C6H4N4O2/c11-6(12)5-8-2-4-1-7-3-10(4)9-5/h1-3H,(H,11,12). The molecular weight excluding hydrogens is 160 g/mol. The lowest BCUT2D eigenvalue weighted by Gasteiger charge is -1.92. The topological polar surface area (TPSA) is 80.4 Å². The maximum Gasteiger partial charge on any atom is 0.375 e. The number of carboxylic acids is 1. The summed E-state index contributed by atoms with van der Waals surface area (Å²) in [7, 11) is 0. The molecule has 2 rings (SSSR count). The summed E-state index contributed by atoms with van der Waals surface area (Å²) in [6, 6.07) is 0. The molecule has 60 valence electrons. The molecule has 0 aliphatic heterocycles. The highest BCUT2D eigenvalue weighted by molar-refractivity contribution is 5.82. The monoisotopic (exact) mass is 164 g/mol. The first-order chi connectivity index (χ1) is 5.77. The Balaban J connectivity index is 2.68. The average molecular weight is 164 g/mol. The Bertz CT molecular complexity index is 436. The highest BCUT2D eigenvalue weighted by Gasteiger charge is 2.06. The van der Waals surface area contributed by atoms with Crippen LogP contribution in [0.5, 0.6) is 0 Å². The van der Waals surface area contributed by atoms with Gasteiger partial charge in [-0.3, -0.25) is 0 Å². The maximum absolute atomic E-state index is 10.4. The third-order valence-electron chi connectivity index (χ3n) is 1.36. The highest BCUT2D eigenvalue weighted by Crippen LogP contribution is 1.97. The van der Waals surface area contributed by atoms with E-state index in [1.165, 1.54) is 17.0 Å². The van der Waals surface area contributed by atoms with E-state index in [9.17, 15) is 4.79 Å². The van der Waals surface area contributed by atoms with Crippen molar-refractivity contribution in [3.8, 4) is 0 Å². The molecule has 0 aliphatic carbocycles. The number of aromatic carboxylic acids is 1. The van der Waals surface area contributed by atoms with Gasteiger partial charge in [-0.25, -0.2) is 19.3 Å². The number of aromatic nitrogens is 4. The molecule has 2 aromatic heterocycles. The molecule has 0 radical (unpaired) electrons. The van der Waals surface area contributed by atoms with E-state index in [1.807, 2.05) is 0 Å². The molecule has 0 saturated heterocycles. The van der Waals surface area contributed by atoms with Gasteiger partial charge in [0.25, 0.3) is 5.82 Å². The van der Waals surface area contributed by atoms with Crippen molar-refractivity contribution in [3.63, 3.8) is 0 Å². The summed E-state index contributed by atoms with van der Waals surface area (Å²) in [6.07, 6.45) is 4.37. The predicted molar refractivity (Wildman–Crippen MR) is 37.7 cm³/mol. The minimum absolute atomic E-state index is 0.236. The Morgan fingerprint density at radius 1 is 1.50 bits per heavy atom. The SMILES string of the molecule is O=C(O)c1ncc2cncn2n1. The second-order valence-corrected chi connectivity index (χ2v) is 2.15. The lowest BCUT2D eigenvalue weighted by atomic mass is 10.6. The summed E-state index contributed by atoms with van der Waals surface area (Å²) in [5.74, 6) is -1.38. The second kappa shape index (κ2) is 2.26. The summed E-state index contributed by atoms with van der Waals surface area (Å²) in [4.78, 5) is 17.8. The van der Waals surface area contributed by atoms with Gasteiger partial charge in [0.05, 0.1) is 12.4 Å². The van der Waals surface area contributed by atoms with E-state index >= 15 is 0 Å². The molecule has 12 heavy (non-hydrogen) atoms. The largest absolute Gasteiger partial charge is 0.475 e. The van der Waals surface area contributed by atoms with E-state index in [0.29, 0.717) is 5.52 Å². The molecule has 0 aliphatic rings. The molecule has 0 atom stereocenters. The van der Waals surface area contributed by atoms with E-state index in [2.05, 4.69) is 15.1 Å². The predicted octanol–water partition coefficient (Wildman–Crippen LogP) is -0.178. The zero-order chi connectivity index (χ0) is 8.55. The van der Waals surface area contributed by atoms with Crippen LogP contribution in [0, 0.1) is 0 Å². The van der Waals surface area contributed by atoms with Crippen molar-refractivity contribution in [2.45, 2.75) is 0 Å². The maximum atomic E-state index is 10.4. The second-order valence-electron chi connectivity index (χ2n) is 2.15. The summed E-state index contributed by atoms with van der Waals surface area (Å²) < 4.78 is 1.36. The van der Waals surface area contributed by atoms with Crippen LogP contribution in [-0.2, 0) is 0 Å². The number of hydrogen-bond donors (Lipinski definition) is 1. The molecule has 0 saturated carbocycles. The first-order valence-electron chi connectivity index (χ1n) is 3.16. The van der Waals surface area contributed by atoms with Crippen LogP contribution in [0.2, 0.25) is 0 Å². The summed E-state index contributed by atoms with van der Waals surface area (Å²) >= 11 is 0. The number of nitrogens with zero attached hydrogens (tertiary/aromatic N) is 4. The van der Waals surface area contributed by atoms with E-state index < -0.39 is 5.97 Å². The quantitative estimate of drug-likeness (QED) is 0.632. The van der Waals surface area contributed by atoms with Crippen LogP contribution in [0.1, 0.15) is 10.6 Å². The number of rotatable bonds is 1. The molecule has 6 heteroatoms. The fourth-order valence-electron chi connectivity index (χ4n) is 0.828. The van der Waals surface area contributed by atoms with Crippen molar-refractivity contribution in [2.75, 3.05) is 0 Å². The summed E-state index contributed by atoms with van der Waals surface area (Å²) in [6.45, 7) is 0. The van der Waals surface area contributed by atoms with Crippen LogP contribution in [0.25, 0.3) is 5.52 Å². The Morgan fingerprint density at radius 2 is 2.33 bits per heavy atom. The molecule has 0 amide bonds. The minimum atomic E-state index is -1.15. The highest BCUT2D eigenvalue weighted by atomic mass is 16.4. The van der Waals surface area contributed by atoms with Crippen LogP contribution in [0.4, 0.5) is 0 Å². The number of carbonyl (C=O) groups is 1. The van der Waals surface area contributed by atoms with Gasteiger partial charge in [-0.05, 0) is 0 Å². The molecule has 0 fully saturated rings. The van der Waals surface area contributed by atoms with Crippen molar-refractivity contribution in [2.24, 2.45) is 0 Å². The first kappa shape index (κ1) is 6.71. The smallest absolute Gasteiger partial charge is 0.375 e. The Morgan fingerprint density at radius 3 is 3.08 bits per heavy atom. The van der Waals surface area contributed by atoms with Gasteiger partial charge in [0, 0.05) is 0 Å². The third-order valence-corrected chi connectivity index (χ3v) is 1.36. The first-order valence-corrected chi connectivity index (χ1v) is 3.16. The van der Waals surface area contributed by atoms with E-state index in [0.717, 1.165) is 0 Å². The van der Waals surface area contributed by atoms with Crippen molar-refractivity contribution < 1.29 is 9.90 Å². The Labute approximate surface area is 66.5 Å². The van der Waals surface area contributed by atoms with Crippen molar-refractivity contribution in [3.05, 3.63) is 24.5 Å². The number of imidazole rings is 1. The molecule has 2 heterocycles. The van der Waals surface area contributed by atoms with Crippen molar-refractivity contribution >= 4 is 11.5 Å². The molecule has 0 spiro atoms. The van der Waals surface area contributed by atoms with Gasteiger partial charge in [0.1, 0.15) is 11.8 Å². The van der Waals surface area contributed by atoms with Crippen LogP contribution in [0.3, 0.4) is 0 Å². The molecule has 1 N–H and O–H groups in total. The molecule has 2 aromatic rings. The average Bonchev–Trinajstić information content (AvgIpc) is 2.49. The lowest BCUT2D eigenvalue weighted by Crippen LogP contribution is -2.06. The molecular formula is C6H4N4O2. The van der Waals surface area contributed by atoms with Gasteiger partial charge in [-0.15, -0.1) is 5.10 Å². The van der Waals surface area contributed by atoms with Crippen LogP contribution >= 0.6 is 0 Å². The normalized spacial score (nSPS) is 10.3. The van der Waals surface area contributed by atoms with Crippen molar-refractivity contribution in [1.82, 2.24) is 19.6 Å². The van der Waals surface area contributed by atoms with E-state index in [4.69, 9.17) is 5.11 Å². The summed E-state index contributed by atoms with van der Waals surface area (Å²) in [5, 5.41) is 12.2. The molecule has 6 nitrogen and oxygen atoms in total. The number of fused-ring (bicyclic) bond motifs is 1. The van der Waals surface area contributed by atoms with Gasteiger partial charge in [-0.2, -0.15) is 0 Å². The molecule has 0 aromatic carbocycles. The van der Waals surface area contributed by atoms with Gasteiger partial charge in [0.15, 0.2) is 0 Å². The minimum Gasteiger partial charge on any atom is -0.475 e. The number of hydrogen-bond acceptors (Lipinski definition) is 4. The van der Waals surface area contributed by atoms with Gasteiger partial charge in [0.2, 0.25) is 0 Å². The van der Waals surface area contributed by atoms with Gasteiger partial charge in [-0.1, -0.05) is 0 Å². The fraction of sp³-hybridized carbons (Fsp3) is 0. The third kappa shape index (κ3) is 0.895. The summed E-state index contributed by atoms with van der Waals surface area (Å²) in [5.41, 5.74) is 0.667. The Kier molecular flexibility index (Phi) is 1.26. The van der Waals surface area contributed by atoms with Crippen molar-refractivity contribution in [1.29, 1.82) is 0 Å². The van der Waals surface area contributed by atoms with Crippen LogP contribution in [0.15, 0.2) is 18.7 Å². The zero-order valence-corrected chi connectivity index (χ0v) is 5.88.